The number of piperazine rings is 1. The number of aromatic nitrogens is 1. The predicted octanol–water partition coefficient (Wildman–Crippen LogP) is 1.97. The molecule has 1 saturated heterocycles. The number of carbonyl (C=O) groups excluding carboxylic acids is 2. The Bertz CT molecular complexity index is 862. The summed E-state index contributed by atoms with van der Waals surface area (Å²) in [4.78, 5) is 29.8. The average Bonchev–Trinajstić information content (AvgIpc) is 2.67. The first kappa shape index (κ1) is 19.5. The van der Waals surface area contributed by atoms with Gasteiger partial charge in [0, 0.05) is 17.3 Å². The fourth-order valence-corrected chi connectivity index (χ4v) is 2.99. The third kappa shape index (κ3) is 4.51. The Morgan fingerprint density at radius 3 is 2.36 bits per heavy atom. The van der Waals surface area contributed by atoms with Crippen LogP contribution in [0.5, 0.6) is 0 Å². The number of pyridine rings is 1. The van der Waals surface area contributed by atoms with E-state index in [1.54, 1.807) is 29.2 Å². The number of halogens is 3. The van der Waals surface area contributed by atoms with E-state index in [-0.39, 0.29) is 5.91 Å². The quantitative estimate of drug-likeness (QED) is 0.834. The van der Waals surface area contributed by atoms with Crippen LogP contribution >= 0.6 is 0 Å². The predicted molar refractivity (Wildman–Crippen MR) is 95.8 cm³/mol. The Hall–Kier alpha value is -3.30. The summed E-state index contributed by atoms with van der Waals surface area (Å²) in [6.45, 7) is 1.79. The maximum Gasteiger partial charge on any atom is 0.419 e. The highest BCUT2D eigenvalue weighted by Crippen LogP contribution is 2.28. The molecule has 1 aromatic heterocycles. The van der Waals surface area contributed by atoms with Crippen molar-refractivity contribution in [2.45, 2.75) is 6.18 Å². The highest BCUT2D eigenvalue weighted by atomic mass is 19.4. The summed E-state index contributed by atoms with van der Waals surface area (Å²) in [6, 6.07) is 8.16. The van der Waals surface area contributed by atoms with Gasteiger partial charge in [-0.05, 0) is 24.3 Å². The Labute approximate surface area is 158 Å². The fraction of sp³-hybridized carbons (Fsp3) is 0.278. The summed E-state index contributed by atoms with van der Waals surface area (Å²) in [7, 11) is 0. The molecule has 0 spiro atoms. The number of primary amides is 1. The van der Waals surface area contributed by atoms with Gasteiger partial charge in [-0.3, -0.25) is 9.69 Å². The first-order chi connectivity index (χ1) is 13.2. The molecule has 148 valence electrons. The zero-order valence-electron chi connectivity index (χ0n) is 14.8. The van der Waals surface area contributed by atoms with Crippen molar-refractivity contribution in [3.8, 4) is 0 Å². The summed E-state index contributed by atoms with van der Waals surface area (Å²) in [5.41, 5.74) is 5.18. The number of H-pyrrole nitrogens is 1. The minimum Gasteiger partial charge on any atom is -0.351 e. The molecule has 1 aliphatic heterocycles. The molecular weight excluding hydrogens is 375 g/mol. The second-order valence-corrected chi connectivity index (χ2v) is 6.31. The fourth-order valence-electron chi connectivity index (χ4n) is 2.99. The van der Waals surface area contributed by atoms with Crippen molar-refractivity contribution < 1.29 is 27.7 Å². The molecule has 4 N–H and O–H groups in total. The van der Waals surface area contributed by atoms with E-state index < -0.39 is 17.8 Å². The first-order valence-electron chi connectivity index (χ1n) is 8.54. The van der Waals surface area contributed by atoms with Gasteiger partial charge in [0.25, 0.3) is 11.7 Å². The van der Waals surface area contributed by atoms with E-state index in [0.29, 0.717) is 43.2 Å². The minimum absolute atomic E-state index is 0.191. The van der Waals surface area contributed by atoms with E-state index in [9.17, 15) is 22.8 Å². The van der Waals surface area contributed by atoms with E-state index in [4.69, 9.17) is 5.73 Å². The van der Waals surface area contributed by atoms with Gasteiger partial charge in [0.05, 0.1) is 18.7 Å². The molecule has 7 nitrogen and oxygen atoms in total. The molecule has 2 aromatic rings. The molecule has 28 heavy (non-hydrogen) atoms. The van der Waals surface area contributed by atoms with Gasteiger partial charge < -0.3 is 16.0 Å². The summed E-state index contributed by atoms with van der Waals surface area (Å²) >= 11 is 0. The highest BCUT2D eigenvalue weighted by Gasteiger charge is 2.33. The van der Waals surface area contributed by atoms with Gasteiger partial charge >= 0.3 is 12.2 Å². The number of hydrogen-bond donors (Lipinski definition) is 2. The molecule has 2 heterocycles. The smallest absolute Gasteiger partial charge is 0.351 e. The molecule has 0 unspecified atom stereocenters. The van der Waals surface area contributed by atoms with Crippen LogP contribution < -0.4 is 20.9 Å². The minimum atomic E-state index is -4.39. The largest absolute Gasteiger partial charge is 0.419 e. The zero-order chi connectivity index (χ0) is 20.3. The van der Waals surface area contributed by atoms with E-state index in [1.807, 2.05) is 4.90 Å². The van der Waals surface area contributed by atoms with Gasteiger partial charge in [-0.15, -0.1) is 0 Å². The van der Waals surface area contributed by atoms with Crippen LogP contribution in [-0.4, -0.2) is 43.0 Å². The number of benzene rings is 1. The third-order valence-corrected chi connectivity index (χ3v) is 4.41. The molecule has 0 radical (unpaired) electrons. The number of anilines is 2. The number of amides is 3. The van der Waals surface area contributed by atoms with Gasteiger partial charge in [0.2, 0.25) is 0 Å². The second kappa shape index (κ2) is 7.75. The second-order valence-electron chi connectivity index (χ2n) is 6.31. The highest BCUT2D eigenvalue weighted by molar-refractivity contribution is 5.96. The lowest BCUT2D eigenvalue weighted by Gasteiger charge is -2.31. The van der Waals surface area contributed by atoms with Crippen molar-refractivity contribution in [1.82, 2.24) is 4.90 Å². The van der Waals surface area contributed by atoms with Crippen LogP contribution in [0.3, 0.4) is 0 Å². The van der Waals surface area contributed by atoms with Crippen LogP contribution in [0.2, 0.25) is 0 Å². The summed E-state index contributed by atoms with van der Waals surface area (Å²) in [5, 5.41) is 2.42. The standard InChI is InChI=1S/C18H18F3N5O2/c19-18(20,21)13-4-5-15(23-11-13)25-6-8-26(9-7-25)16(27)12-2-1-3-14(10-12)24-17(22)28/h1-5,10-11H,6-9H2,(H3,22,24,28)/p+1. The Morgan fingerprint density at radius 2 is 1.79 bits per heavy atom. The van der Waals surface area contributed by atoms with Crippen molar-refractivity contribution in [3.05, 3.63) is 53.7 Å². The molecular formula is C18H19F3N5O2+. The van der Waals surface area contributed by atoms with E-state index >= 15 is 0 Å². The molecule has 1 aromatic carbocycles. The summed E-state index contributed by atoms with van der Waals surface area (Å²) in [5.74, 6) is 0.372. The molecule has 1 fully saturated rings. The average molecular weight is 394 g/mol. The SMILES string of the molecule is NC(=O)Nc1cccc(C(=O)N2CCN(c3ccc(C(F)(F)F)c[nH+]3)CC2)c1. The van der Waals surface area contributed by atoms with E-state index in [0.717, 1.165) is 12.3 Å². The number of rotatable bonds is 3. The van der Waals surface area contributed by atoms with Gasteiger partial charge in [0.1, 0.15) is 19.3 Å². The van der Waals surface area contributed by atoms with Crippen molar-refractivity contribution in [2.75, 3.05) is 36.4 Å². The van der Waals surface area contributed by atoms with Gasteiger partial charge in [-0.1, -0.05) is 6.07 Å². The molecule has 10 heteroatoms. The Kier molecular flexibility index (Phi) is 5.39. The van der Waals surface area contributed by atoms with Gasteiger partial charge in [0.15, 0.2) is 0 Å². The lowest BCUT2D eigenvalue weighted by Crippen LogP contribution is -2.50. The number of hydrogen-bond acceptors (Lipinski definition) is 3. The van der Waals surface area contributed by atoms with Crippen molar-refractivity contribution in [3.63, 3.8) is 0 Å². The van der Waals surface area contributed by atoms with Gasteiger partial charge in [-0.2, -0.15) is 13.2 Å². The van der Waals surface area contributed by atoms with Crippen molar-refractivity contribution >= 4 is 23.4 Å². The molecule has 3 rings (SSSR count). The maximum atomic E-state index is 12.7. The van der Waals surface area contributed by atoms with Crippen LogP contribution in [0, 0.1) is 0 Å². The summed E-state index contributed by atoms with van der Waals surface area (Å²) in [6.07, 6.45) is -3.46. The third-order valence-electron chi connectivity index (χ3n) is 4.41. The van der Waals surface area contributed by atoms with Crippen molar-refractivity contribution in [2.24, 2.45) is 5.73 Å². The number of aromatic amines is 1. The number of carbonyl (C=O) groups is 2. The van der Waals surface area contributed by atoms with E-state index in [2.05, 4.69) is 10.3 Å². The molecule has 3 amide bonds. The molecule has 0 aliphatic carbocycles. The van der Waals surface area contributed by atoms with Crippen LogP contribution in [0.1, 0.15) is 15.9 Å². The van der Waals surface area contributed by atoms with Crippen molar-refractivity contribution in [1.29, 1.82) is 0 Å². The Morgan fingerprint density at radius 1 is 1.07 bits per heavy atom. The van der Waals surface area contributed by atoms with Crippen LogP contribution in [0.15, 0.2) is 42.6 Å². The number of nitrogens with one attached hydrogen (secondary N) is 2. The van der Waals surface area contributed by atoms with E-state index in [1.165, 1.54) is 6.07 Å². The molecule has 0 bridgehead atoms. The molecule has 0 saturated carbocycles. The normalized spacial score (nSPS) is 14.7. The van der Waals surface area contributed by atoms with Crippen LogP contribution in [0.25, 0.3) is 0 Å². The lowest BCUT2D eigenvalue weighted by atomic mass is 10.1. The first-order valence-corrected chi connectivity index (χ1v) is 8.54. The molecule has 1 aliphatic rings. The lowest BCUT2D eigenvalue weighted by molar-refractivity contribution is -0.367. The van der Waals surface area contributed by atoms with Crippen LogP contribution in [-0.2, 0) is 6.18 Å². The Balaban J connectivity index is 1.62. The van der Waals surface area contributed by atoms with Gasteiger partial charge in [-0.25, -0.2) is 9.78 Å². The number of alkyl halides is 3. The molecule has 0 atom stereocenters. The summed E-state index contributed by atoms with van der Waals surface area (Å²) < 4.78 is 38.0. The number of nitrogens with zero attached hydrogens (tertiary/aromatic N) is 2. The maximum absolute atomic E-state index is 12.7. The topological polar surface area (TPSA) is 92.8 Å². The number of nitrogens with two attached hydrogens (primary N) is 1. The monoisotopic (exact) mass is 394 g/mol. The number of urea groups is 1. The zero-order valence-corrected chi connectivity index (χ0v) is 14.8. The van der Waals surface area contributed by atoms with Crippen LogP contribution in [0.4, 0.5) is 29.5 Å².